The van der Waals surface area contributed by atoms with Crippen LogP contribution in [0, 0.1) is 0 Å². The largest absolute Gasteiger partial charge is 0.495 e. The fourth-order valence-corrected chi connectivity index (χ4v) is 2.98. The second kappa shape index (κ2) is 3.88. The van der Waals surface area contributed by atoms with Crippen molar-refractivity contribution in [3.8, 4) is 5.75 Å². The molecule has 1 aromatic heterocycles. The van der Waals surface area contributed by atoms with E-state index in [4.69, 9.17) is 9.84 Å². The van der Waals surface area contributed by atoms with Crippen LogP contribution in [0.25, 0.3) is 10.1 Å². The van der Waals surface area contributed by atoms with Crippen LogP contribution in [0.5, 0.6) is 5.75 Å². The third kappa shape index (κ3) is 1.65. The van der Waals surface area contributed by atoms with Crippen LogP contribution in [0.4, 0.5) is 0 Å². The molecule has 14 heavy (non-hydrogen) atoms. The Morgan fingerprint density at radius 3 is 2.86 bits per heavy atom. The lowest BCUT2D eigenvalue weighted by Gasteiger charge is -2.03. The van der Waals surface area contributed by atoms with Crippen LogP contribution in [0.15, 0.2) is 22.0 Å². The highest BCUT2D eigenvalue weighted by Gasteiger charge is 2.07. The minimum absolute atomic E-state index is 0.0414. The van der Waals surface area contributed by atoms with Gasteiger partial charge < -0.3 is 9.84 Å². The van der Waals surface area contributed by atoms with Crippen LogP contribution < -0.4 is 4.74 Å². The van der Waals surface area contributed by atoms with Crippen LogP contribution in [-0.4, -0.2) is 12.2 Å². The number of halogens is 1. The molecule has 0 spiro atoms. The van der Waals surface area contributed by atoms with Crippen molar-refractivity contribution in [2.45, 2.75) is 6.61 Å². The second-order valence-corrected chi connectivity index (χ2v) is 5.36. The maximum Gasteiger partial charge on any atom is 0.137 e. The predicted octanol–water partition coefficient (Wildman–Crippen LogP) is 3.16. The highest BCUT2D eigenvalue weighted by molar-refractivity contribution is 9.11. The fraction of sp³-hybridized carbons (Fsp3) is 0.200. The monoisotopic (exact) mass is 272 g/mol. The maximum absolute atomic E-state index is 9.06. The molecule has 0 aliphatic carbocycles. The highest BCUT2D eigenvalue weighted by Crippen LogP contribution is 2.37. The van der Waals surface area contributed by atoms with E-state index in [0.29, 0.717) is 0 Å². The van der Waals surface area contributed by atoms with Crippen LogP contribution in [0.1, 0.15) is 5.56 Å². The molecule has 0 saturated carbocycles. The summed E-state index contributed by atoms with van der Waals surface area (Å²) < 4.78 is 7.44. The molecule has 74 valence electrons. The number of fused-ring (bicyclic) bond motifs is 1. The van der Waals surface area contributed by atoms with Gasteiger partial charge in [0.05, 0.1) is 22.2 Å². The highest BCUT2D eigenvalue weighted by atomic mass is 79.9. The molecule has 1 N–H and O–H groups in total. The van der Waals surface area contributed by atoms with Crippen molar-refractivity contribution in [1.82, 2.24) is 0 Å². The van der Waals surface area contributed by atoms with Gasteiger partial charge in [-0.3, -0.25) is 0 Å². The summed E-state index contributed by atoms with van der Waals surface area (Å²) in [6.45, 7) is 0.0414. The molecule has 2 rings (SSSR count). The van der Waals surface area contributed by atoms with Crippen molar-refractivity contribution >= 4 is 37.4 Å². The Bertz CT molecular complexity index is 464. The van der Waals surface area contributed by atoms with Crippen molar-refractivity contribution in [3.63, 3.8) is 0 Å². The van der Waals surface area contributed by atoms with E-state index in [0.717, 1.165) is 25.2 Å². The lowest BCUT2D eigenvalue weighted by molar-refractivity contribution is 0.281. The van der Waals surface area contributed by atoms with Gasteiger partial charge in [0, 0.05) is 0 Å². The van der Waals surface area contributed by atoms with Crippen molar-refractivity contribution in [3.05, 3.63) is 27.5 Å². The first-order chi connectivity index (χ1) is 6.74. The number of rotatable bonds is 2. The summed E-state index contributed by atoms with van der Waals surface area (Å²) in [4.78, 5) is 0. The molecule has 1 aromatic carbocycles. The zero-order valence-electron chi connectivity index (χ0n) is 7.58. The van der Waals surface area contributed by atoms with Gasteiger partial charge in [0.15, 0.2) is 0 Å². The van der Waals surface area contributed by atoms with E-state index in [-0.39, 0.29) is 6.61 Å². The number of thiophene rings is 1. The summed E-state index contributed by atoms with van der Waals surface area (Å²) >= 11 is 5.07. The van der Waals surface area contributed by atoms with Gasteiger partial charge in [0.1, 0.15) is 5.75 Å². The standard InChI is InChI=1S/C10H9BrO2S/c1-13-8-3-6(5-12)2-7-4-9(11)14-10(7)8/h2-4,12H,5H2,1H3. The SMILES string of the molecule is COc1cc(CO)cc2cc(Br)sc12. The second-order valence-electron chi connectivity index (χ2n) is 2.93. The smallest absolute Gasteiger partial charge is 0.137 e. The van der Waals surface area contributed by atoms with Gasteiger partial charge in [-0.1, -0.05) is 0 Å². The summed E-state index contributed by atoms with van der Waals surface area (Å²) in [5.41, 5.74) is 0.875. The molecule has 0 radical (unpaired) electrons. The van der Waals surface area contributed by atoms with E-state index in [9.17, 15) is 0 Å². The van der Waals surface area contributed by atoms with Crippen molar-refractivity contribution in [2.75, 3.05) is 7.11 Å². The first-order valence-corrected chi connectivity index (χ1v) is 5.72. The molecule has 0 atom stereocenters. The van der Waals surface area contributed by atoms with Crippen molar-refractivity contribution in [1.29, 1.82) is 0 Å². The third-order valence-corrected chi connectivity index (χ3v) is 3.68. The Balaban J connectivity index is 2.72. The molecule has 2 aromatic rings. The molecular formula is C10H9BrO2S. The summed E-state index contributed by atoms with van der Waals surface area (Å²) in [6, 6.07) is 5.87. The van der Waals surface area contributed by atoms with Gasteiger partial charge in [-0.25, -0.2) is 0 Å². The maximum atomic E-state index is 9.06. The molecule has 0 saturated heterocycles. The van der Waals surface area contributed by atoms with Gasteiger partial charge in [-0.05, 0) is 45.1 Å². The van der Waals surface area contributed by atoms with Gasteiger partial charge in [-0.15, -0.1) is 11.3 Å². The Kier molecular flexibility index (Phi) is 2.76. The molecule has 1 heterocycles. The first kappa shape index (κ1) is 9.96. The molecule has 0 unspecified atom stereocenters. The van der Waals surface area contributed by atoms with E-state index in [1.165, 1.54) is 0 Å². The Morgan fingerprint density at radius 2 is 2.21 bits per heavy atom. The number of methoxy groups -OCH3 is 1. The lowest BCUT2D eigenvalue weighted by Crippen LogP contribution is -1.87. The molecular weight excluding hydrogens is 264 g/mol. The zero-order chi connectivity index (χ0) is 10.1. The minimum Gasteiger partial charge on any atom is -0.495 e. The van der Waals surface area contributed by atoms with E-state index < -0.39 is 0 Å². The van der Waals surface area contributed by atoms with Gasteiger partial charge in [-0.2, -0.15) is 0 Å². The van der Waals surface area contributed by atoms with Crippen LogP contribution in [-0.2, 0) is 6.61 Å². The topological polar surface area (TPSA) is 29.5 Å². The Labute approximate surface area is 94.3 Å². The quantitative estimate of drug-likeness (QED) is 0.910. The summed E-state index contributed by atoms with van der Waals surface area (Å²) in [7, 11) is 1.64. The first-order valence-electron chi connectivity index (χ1n) is 4.11. The predicted molar refractivity (Wildman–Crippen MR) is 62.0 cm³/mol. The van der Waals surface area contributed by atoms with Crippen molar-refractivity contribution < 1.29 is 9.84 Å². The minimum atomic E-state index is 0.0414. The zero-order valence-corrected chi connectivity index (χ0v) is 9.98. The van der Waals surface area contributed by atoms with E-state index in [2.05, 4.69) is 15.9 Å². The summed E-state index contributed by atoms with van der Waals surface area (Å²) in [5.74, 6) is 0.822. The Hall–Kier alpha value is -0.580. The summed E-state index contributed by atoms with van der Waals surface area (Å²) in [5, 5.41) is 10.2. The Morgan fingerprint density at radius 1 is 1.43 bits per heavy atom. The molecule has 0 aliphatic rings. The molecule has 0 bridgehead atoms. The normalized spacial score (nSPS) is 10.8. The van der Waals surface area contributed by atoms with Crippen molar-refractivity contribution in [2.24, 2.45) is 0 Å². The van der Waals surface area contributed by atoms with E-state index >= 15 is 0 Å². The third-order valence-electron chi connectivity index (χ3n) is 2.01. The summed E-state index contributed by atoms with van der Waals surface area (Å²) in [6.07, 6.45) is 0. The molecule has 0 amide bonds. The molecule has 4 heteroatoms. The number of hydrogen-bond acceptors (Lipinski definition) is 3. The number of aliphatic hydroxyl groups is 1. The average Bonchev–Trinajstić information content (AvgIpc) is 2.56. The lowest BCUT2D eigenvalue weighted by atomic mass is 10.1. The van der Waals surface area contributed by atoms with Crippen LogP contribution >= 0.6 is 27.3 Å². The van der Waals surface area contributed by atoms with Gasteiger partial charge >= 0.3 is 0 Å². The van der Waals surface area contributed by atoms with Crippen LogP contribution in [0.2, 0.25) is 0 Å². The van der Waals surface area contributed by atoms with Gasteiger partial charge in [0.25, 0.3) is 0 Å². The molecule has 0 fully saturated rings. The molecule has 0 aliphatic heterocycles. The fourth-order valence-electron chi connectivity index (χ4n) is 1.39. The van der Waals surface area contributed by atoms with E-state index in [1.54, 1.807) is 18.4 Å². The van der Waals surface area contributed by atoms with E-state index in [1.807, 2.05) is 18.2 Å². The van der Waals surface area contributed by atoms with Crippen LogP contribution in [0.3, 0.4) is 0 Å². The number of hydrogen-bond donors (Lipinski definition) is 1. The molecule has 2 nitrogen and oxygen atoms in total. The number of benzene rings is 1. The number of aliphatic hydroxyl groups excluding tert-OH is 1. The average molecular weight is 273 g/mol. The van der Waals surface area contributed by atoms with Gasteiger partial charge in [0.2, 0.25) is 0 Å². The number of ether oxygens (including phenoxy) is 1.